The molecule has 0 N–H and O–H groups in total. The minimum Gasteiger partial charge on any atom is -0.493 e. The summed E-state index contributed by atoms with van der Waals surface area (Å²) in [6.07, 6.45) is 1.21. The van der Waals surface area contributed by atoms with Crippen LogP contribution in [0.5, 0.6) is 5.75 Å². The second kappa shape index (κ2) is 8.88. The molecule has 1 saturated heterocycles. The van der Waals surface area contributed by atoms with E-state index in [-0.39, 0.29) is 5.91 Å². The Morgan fingerprint density at radius 2 is 1.82 bits per heavy atom. The number of piperazine rings is 1. The molecule has 9 heteroatoms. The van der Waals surface area contributed by atoms with Crippen molar-refractivity contribution >= 4 is 53.2 Å². The molecule has 5 rings (SSSR count). The van der Waals surface area contributed by atoms with E-state index in [1.807, 2.05) is 48.2 Å². The molecule has 34 heavy (non-hydrogen) atoms. The van der Waals surface area contributed by atoms with Gasteiger partial charge in [0, 0.05) is 32.4 Å². The third kappa shape index (κ3) is 4.21. The van der Waals surface area contributed by atoms with Crippen LogP contribution in [0.3, 0.4) is 0 Å². The van der Waals surface area contributed by atoms with Crippen LogP contribution < -0.4 is 9.64 Å². The number of rotatable bonds is 5. The molecule has 7 nitrogen and oxygen atoms in total. The van der Waals surface area contributed by atoms with Crippen LogP contribution in [0.15, 0.2) is 59.5 Å². The first-order valence-corrected chi connectivity index (χ1v) is 13.9. The topological polar surface area (TPSA) is 79.8 Å². The van der Waals surface area contributed by atoms with Gasteiger partial charge in [-0.1, -0.05) is 41.7 Å². The van der Waals surface area contributed by atoms with Gasteiger partial charge in [0.25, 0.3) is 5.91 Å². The van der Waals surface area contributed by atoms with E-state index in [4.69, 9.17) is 9.72 Å². The lowest BCUT2D eigenvalue weighted by atomic mass is 10.0. The average Bonchev–Trinajstić information content (AvgIpc) is 3.27. The van der Waals surface area contributed by atoms with Gasteiger partial charge in [-0.25, -0.2) is 13.4 Å². The van der Waals surface area contributed by atoms with Gasteiger partial charge in [0.2, 0.25) is 0 Å². The summed E-state index contributed by atoms with van der Waals surface area (Å²) in [5.74, 6) is 0.587. The normalized spacial score (nSPS) is 14.6. The Labute approximate surface area is 202 Å². The summed E-state index contributed by atoms with van der Waals surface area (Å²) in [4.78, 5) is 22.6. The molecule has 1 fully saturated rings. The van der Waals surface area contributed by atoms with Crippen molar-refractivity contribution in [3.05, 3.63) is 60.2 Å². The Morgan fingerprint density at radius 1 is 1.06 bits per heavy atom. The van der Waals surface area contributed by atoms with Crippen molar-refractivity contribution in [3.63, 3.8) is 0 Å². The number of aromatic nitrogens is 1. The van der Waals surface area contributed by atoms with E-state index in [2.05, 4.69) is 4.90 Å². The van der Waals surface area contributed by atoms with Crippen molar-refractivity contribution < 1.29 is 17.9 Å². The van der Waals surface area contributed by atoms with Gasteiger partial charge in [0.05, 0.1) is 27.3 Å². The lowest BCUT2D eigenvalue weighted by Gasteiger charge is -2.35. The highest BCUT2D eigenvalue weighted by molar-refractivity contribution is 7.90. The number of thiazole rings is 1. The molecule has 176 valence electrons. The monoisotopic (exact) mass is 495 g/mol. The molecular formula is C25H25N3O4S2. The van der Waals surface area contributed by atoms with E-state index >= 15 is 0 Å². The molecule has 0 atom stereocenters. The maximum atomic E-state index is 13.6. The van der Waals surface area contributed by atoms with E-state index in [0.717, 1.165) is 26.1 Å². The molecule has 4 aromatic rings. The summed E-state index contributed by atoms with van der Waals surface area (Å²) < 4.78 is 30.4. The predicted octanol–water partition coefficient (Wildman–Crippen LogP) is 4.21. The van der Waals surface area contributed by atoms with Crippen LogP contribution in [-0.2, 0) is 9.84 Å². The molecule has 1 aromatic heterocycles. The fourth-order valence-electron chi connectivity index (χ4n) is 4.27. The van der Waals surface area contributed by atoms with E-state index in [0.29, 0.717) is 49.0 Å². The van der Waals surface area contributed by atoms with Crippen LogP contribution in [0.1, 0.15) is 17.3 Å². The largest absolute Gasteiger partial charge is 0.493 e. The van der Waals surface area contributed by atoms with E-state index in [1.54, 1.807) is 18.2 Å². The molecule has 0 unspecified atom stereocenters. The van der Waals surface area contributed by atoms with Crippen LogP contribution in [0.2, 0.25) is 0 Å². The highest BCUT2D eigenvalue weighted by Crippen LogP contribution is 2.33. The smallest absolute Gasteiger partial charge is 0.258 e. The van der Waals surface area contributed by atoms with Gasteiger partial charge >= 0.3 is 0 Å². The Kier molecular flexibility index (Phi) is 5.91. The van der Waals surface area contributed by atoms with Crippen LogP contribution in [-0.4, -0.2) is 63.3 Å². The van der Waals surface area contributed by atoms with Crippen molar-refractivity contribution in [2.45, 2.75) is 11.8 Å². The summed E-state index contributed by atoms with van der Waals surface area (Å²) in [6, 6.07) is 16.8. The molecule has 2 heterocycles. The lowest BCUT2D eigenvalue weighted by molar-refractivity contribution is 0.0744. The third-order valence-electron chi connectivity index (χ3n) is 6.02. The van der Waals surface area contributed by atoms with Crippen LogP contribution >= 0.6 is 11.3 Å². The molecule has 1 aliphatic rings. The van der Waals surface area contributed by atoms with Crippen molar-refractivity contribution in [3.8, 4) is 5.75 Å². The maximum absolute atomic E-state index is 13.6. The zero-order valence-corrected chi connectivity index (χ0v) is 20.7. The van der Waals surface area contributed by atoms with Gasteiger partial charge in [-0.05, 0) is 42.0 Å². The van der Waals surface area contributed by atoms with Gasteiger partial charge in [0.15, 0.2) is 15.0 Å². The molecule has 1 amide bonds. The summed E-state index contributed by atoms with van der Waals surface area (Å²) in [7, 11) is -3.27. The summed E-state index contributed by atoms with van der Waals surface area (Å²) in [5, 5.41) is 2.75. The number of carbonyl (C=O) groups excluding carboxylic acids is 1. The number of amides is 1. The van der Waals surface area contributed by atoms with Gasteiger partial charge in [-0.3, -0.25) is 4.79 Å². The third-order valence-corrected chi connectivity index (χ3v) is 8.21. The van der Waals surface area contributed by atoms with Crippen molar-refractivity contribution in [2.75, 3.05) is 43.9 Å². The van der Waals surface area contributed by atoms with Crippen molar-refractivity contribution in [2.24, 2.45) is 0 Å². The van der Waals surface area contributed by atoms with Crippen molar-refractivity contribution in [1.82, 2.24) is 9.88 Å². The number of anilines is 1. The Morgan fingerprint density at radius 3 is 2.56 bits per heavy atom. The van der Waals surface area contributed by atoms with Crippen LogP contribution in [0, 0.1) is 0 Å². The van der Waals surface area contributed by atoms with Gasteiger partial charge in [0.1, 0.15) is 5.75 Å². The zero-order valence-electron chi connectivity index (χ0n) is 19.0. The molecule has 0 spiro atoms. The molecule has 1 aliphatic heterocycles. The summed E-state index contributed by atoms with van der Waals surface area (Å²) in [6.45, 7) is 4.85. The fraction of sp³-hybridized carbons (Fsp3) is 0.280. The van der Waals surface area contributed by atoms with E-state index in [1.165, 1.54) is 17.6 Å². The molecular weight excluding hydrogens is 470 g/mol. The number of benzene rings is 3. The molecule has 0 bridgehead atoms. The van der Waals surface area contributed by atoms with Gasteiger partial charge in [-0.15, -0.1) is 0 Å². The highest BCUT2D eigenvalue weighted by Gasteiger charge is 2.27. The minimum atomic E-state index is -3.27. The van der Waals surface area contributed by atoms with Gasteiger partial charge < -0.3 is 14.5 Å². The Hall–Kier alpha value is -3.17. The second-order valence-corrected chi connectivity index (χ2v) is 11.3. The lowest BCUT2D eigenvalue weighted by Crippen LogP contribution is -2.48. The number of sulfone groups is 1. The van der Waals surface area contributed by atoms with Gasteiger partial charge in [-0.2, -0.15) is 0 Å². The highest BCUT2D eigenvalue weighted by atomic mass is 32.2. The number of hydrogen-bond donors (Lipinski definition) is 0. The number of carbonyl (C=O) groups is 1. The number of hydrogen-bond acceptors (Lipinski definition) is 7. The summed E-state index contributed by atoms with van der Waals surface area (Å²) >= 11 is 1.48. The number of nitrogens with zero attached hydrogens (tertiary/aromatic N) is 3. The minimum absolute atomic E-state index is 0.0259. The average molecular weight is 496 g/mol. The first-order valence-electron chi connectivity index (χ1n) is 11.1. The number of ether oxygens (including phenoxy) is 1. The fourth-order valence-corrected chi connectivity index (χ4v) is 6.04. The van der Waals surface area contributed by atoms with Crippen LogP contribution in [0.4, 0.5) is 5.13 Å². The standard InChI is InChI=1S/C25H25N3O4S2/c1-3-32-21-11-8-17-6-4-5-7-19(17)23(21)24(29)27-12-14-28(15-13-27)25-26-20-10-9-18(34(2,30)31)16-22(20)33-25/h4-11,16H,3,12-15H2,1-2H3. The van der Waals surface area contributed by atoms with E-state index in [9.17, 15) is 13.2 Å². The zero-order chi connectivity index (χ0) is 23.9. The SMILES string of the molecule is CCOc1ccc2ccccc2c1C(=O)N1CCN(c2nc3ccc(S(C)(=O)=O)cc3s2)CC1. The molecule has 0 saturated carbocycles. The number of fused-ring (bicyclic) bond motifs is 2. The predicted molar refractivity (Wildman–Crippen MR) is 136 cm³/mol. The Bertz CT molecular complexity index is 1490. The Balaban J connectivity index is 1.37. The maximum Gasteiger partial charge on any atom is 0.258 e. The molecule has 0 aliphatic carbocycles. The van der Waals surface area contributed by atoms with Crippen molar-refractivity contribution in [1.29, 1.82) is 0 Å². The second-order valence-electron chi connectivity index (χ2n) is 8.27. The summed E-state index contributed by atoms with van der Waals surface area (Å²) in [5.41, 5.74) is 1.39. The first kappa shape index (κ1) is 22.6. The molecule has 0 radical (unpaired) electrons. The van der Waals surface area contributed by atoms with Crippen LogP contribution in [0.25, 0.3) is 21.0 Å². The first-order chi connectivity index (χ1) is 16.3. The molecule has 3 aromatic carbocycles. The van der Waals surface area contributed by atoms with E-state index < -0.39 is 9.84 Å². The quantitative estimate of drug-likeness (QED) is 0.413.